The van der Waals surface area contributed by atoms with Crippen molar-refractivity contribution in [3.8, 4) is 0 Å². The lowest BCUT2D eigenvalue weighted by Gasteiger charge is -2.46. The first-order chi connectivity index (χ1) is 8.26. The Hall–Kier alpha value is -0.0800. The van der Waals surface area contributed by atoms with Crippen molar-refractivity contribution >= 4 is 0 Å². The van der Waals surface area contributed by atoms with Crippen molar-refractivity contribution in [1.82, 2.24) is 10.2 Å². The van der Waals surface area contributed by atoms with E-state index in [2.05, 4.69) is 24.1 Å². The second kappa shape index (κ2) is 6.19. The van der Waals surface area contributed by atoms with Gasteiger partial charge in [0.25, 0.3) is 0 Å². The van der Waals surface area contributed by atoms with Crippen LogP contribution in [0.4, 0.5) is 0 Å². The zero-order valence-corrected chi connectivity index (χ0v) is 11.8. The Kier molecular flexibility index (Phi) is 4.87. The predicted octanol–water partition coefficient (Wildman–Crippen LogP) is 3.03. The van der Waals surface area contributed by atoms with E-state index in [9.17, 15) is 0 Å². The van der Waals surface area contributed by atoms with E-state index in [0.29, 0.717) is 0 Å². The third kappa shape index (κ3) is 3.45. The monoisotopic (exact) mass is 238 g/mol. The minimum absolute atomic E-state index is 0.718. The van der Waals surface area contributed by atoms with E-state index in [4.69, 9.17) is 0 Å². The van der Waals surface area contributed by atoms with Crippen molar-refractivity contribution in [2.45, 2.75) is 64.8 Å². The molecule has 2 heteroatoms. The average Bonchev–Trinajstić information content (AvgIpc) is 2.38. The highest BCUT2D eigenvalue weighted by atomic mass is 15.2. The molecule has 0 aromatic heterocycles. The van der Waals surface area contributed by atoms with Gasteiger partial charge in [-0.15, -0.1) is 0 Å². The van der Waals surface area contributed by atoms with Crippen LogP contribution < -0.4 is 5.32 Å². The first-order valence-corrected chi connectivity index (χ1v) is 7.70. The molecule has 0 bridgehead atoms. The fraction of sp³-hybridized carbons (Fsp3) is 1.00. The topological polar surface area (TPSA) is 15.3 Å². The summed E-state index contributed by atoms with van der Waals surface area (Å²) in [6.07, 6.45) is 10.4. The van der Waals surface area contributed by atoms with Crippen LogP contribution in [0, 0.1) is 5.41 Å². The van der Waals surface area contributed by atoms with Gasteiger partial charge in [0.15, 0.2) is 0 Å². The maximum Gasteiger partial charge on any atom is 0.0192 e. The number of rotatable bonds is 4. The Balaban J connectivity index is 1.76. The minimum atomic E-state index is 0.718. The van der Waals surface area contributed by atoms with Crippen molar-refractivity contribution < 1.29 is 0 Å². The standard InChI is InChI=1S/C15H30N2/c1-3-16-13-14(2)17-11-9-15(10-12-17)7-5-4-6-8-15/h14,16H,3-13H2,1-2H3. The number of nitrogens with zero attached hydrogens (tertiary/aromatic N) is 1. The van der Waals surface area contributed by atoms with Crippen LogP contribution in [-0.2, 0) is 0 Å². The highest BCUT2D eigenvalue weighted by Crippen LogP contribution is 2.44. The summed E-state index contributed by atoms with van der Waals surface area (Å²) in [4.78, 5) is 2.70. The molecule has 1 spiro atoms. The second-order valence-corrected chi connectivity index (χ2v) is 6.25. The number of piperidine rings is 1. The molecule has 2 nitrogen and oxygen atoms in total. The summed E-state index contributed by atoms with van der Waals surface area (Å²) in [5.74, 6) is 0. The van der Waals surface area contributed by atoms with Crippen molar-refractivity contribution in [3.63, 3.8) is 0 Å². The van der Waals surface area contributed by atoms with E-state index in [0.717, 1.165) is 24.5 Å². The van der Waals surface area contributed by atoms with Gasteiger partial charge in [-0.2, -0.15) is 0 Å². The first-order valence-electron chi connectivity index (χ1n) is 7.70. The van der Waals surface area contributed by atoms with Gasteiger partial charge in [0.2, 0.25) is 0 Å². The molecule has 0 aromatic rings. The molecule has 0 aromatic carbocycles. The van der Waals surface area contributed by atoms with E-state index in [1.807, 2.05) is 0 Å². The smallest absolute Gasteiger partial charge is 0.0192 e. The molecule has 1 aliphatic heterocycles. The van der Waals surface area contributed by atoms with Crippen LogP contribution in [0.15, 0.2) is 0 Å². The second-order valence-electron chi connectivity index (χ2n) is 6.25. The van der Waals surface area contributed by atoms with Crippen molar-refractivity contribution in [3.05, 3.63) is 0 Å². The fourth-order valence-electron chi connectivity index (χ4n) is 3.72. The lowest BCUT2D eigenvalue weighted by molar-refractivity contribution is 0.0491. The zero-order valence-electron chi connectivity index (χ0n) is 11.8. The molecule has 100 valence electrons. The van der Waals surface area contributed by atoms with Crippen LogP contribution >= 0.6 is 0 Å². The van der Waals surface area contributed by atoms with Crippen molar-refractivity contribution in [2.75, 3.05) is 26.2 Å². The molecule has 1 unspecified atom stereocenters. The number of hydrogen-bond donors (Lipinski definition) is 1. The van der Waals surface area contributed by atoms with E-state index in [1.165, 1.54) is 58.0 Å². The van der Waals surface area contributed by atoms with Crippen LogP contribution in [0.25, 0.3) is 0 Å². The third-order valence-electron chi connectivity index (χ3n) is 5.09. The van der Waals surface area contributed by atoms with E-state index >= 15 is 0 Å². The van der Waals surface area contributed by atoms with Crippen molar-refractivity contribution in [1.29, 1.82) is 0 Å². The van der Waals surface area contributed by atoms with Crippen LogP contribution in [0.3, 0.4) is 0 Å². The summed E-state index contributed by atoms with van der Waals surface area (Å²) in [6, 6.07) is 0.718. The van der Waals surface area contributed by atoms with Crippen LogP contribution in [0.1, 0.15) is 58.8 Å². The minimum Gasteiger partial charge on any atom is -0.315 e. The summed E-state index contributed by atoms with van der Waals surface area (Å²) in [5.41, 5.74) is 0.757. The number of nitrogens with one attached hydrogen (secondary N) is 1. The SMILES string of the molecule is CCNCC(C)N1CCC2(CCCCC2)CC1. The normalized spacial score (nSPS) is 27.2. The summed E-state index contributed by atoms with van der Waals surface area (Å²) >= 11 is 0. The van der Waals surface area contributed by atoms with Gasteiger partial charge in [-0.3, -0.25) is 4.90 Å². The maximum atomic E-state index is 3.47. The van der Waals surface area contributed by atoms with E-state index in [-0.39, 0.29) is 0 Å². The summed E-state index contributed by atoms with van der Waals surface area (Å²) in [5, 5.41) is 3.47. The molecule has 2 fully saturated rings. The molecule has 1 atom stereocenters. The Bertz CT molecular complexity index is 211. The van der Waals surface area contributed by atoms with Gasteiger partial charge in [0, 0.05) is 12.6 Å². The third-order valence-corrected chi connectivity index (χ3v) is 5.09. The van der Waals surface area contributed by atoms with Gasteiger partial charge < -0.3 is 5.32 Å². The molecule has 0 amide bonds. The summed E-state index contributed by atoms with van der Waals surface area (Å²) in [6.45, 7) is 9.51. The summed E-state index contributed by atoms with van der Waals surface area (Å²) in [7, 11) is 0. The average molecular weight is 238 g/mol. The lowest BCUT2D eigenvalue weighted by atomic mass is 9.68. The van der Waals surface area contributed by atoms with Gasteiger partial charge in [-0.1, -0.05) is 26.2 Å². The fourth-order valence-corrected chi connectivity index (χ4v) is 3.72. The quantitative estimate of drug-likeness (QED) is 0.810. The molecule has 1 saturated heterocycles. The van der Waals surface area contributed by atoms with Crippen LogP contribution in [0.2, 0.25) is 0 Å². The molecular formula is C15H30N2. The molecule has 2 rings (SSSR count). The van der Waals surface area contributed by atoms with Crippen LogP contribution in [0.5, 0.6) is 0 Å². The molecule has 1 heterocycles. The van der Waals surface area contributed by atoms with Crippen molar-refractivity contribution in [2.24, 2.45) is 5.41 Å². The van der Waals surface area contributed by atoms with E-state index in [1.54, 1.807) is 0 Å². The zero-order chi connectivity index (χ0) is 12.1. The molecule has 1 N–H and O–H groups in total. The predicted molar refractivity (Wildman–Crippen MR) is 74.3 cm³/mol. The molecule has 1 saturated carbocycles. The Morgan fingerprint density at radius 1 is 1.06 bits per heavy atom. The largest absolute Gasteiger partial charge is 0.315 e. The Labute approximate surface area is 107 Å². The van der Waals surface area contributed by atoms with Gasteiger partial charge in [0.1, 0.15) is 0 Å². The highest BCUT2D eigenvalue weighted by Gasteiger charge is 2.36. The lowest BCUT2D eigenvalue weighted by Crippen LogP contribution is -2.48. The van der Waals surface area contributed by atoms with Gasteiger partial charge in [0.05, 0.1) is 0 Å². The molecule has 0 radical (unpaired) electrons. The Morgan fingerprint density at radius 3 is 2.29 bits per heavy atom. The van der Waals surface area contributed by atoms with Crippen LogP contribution in [-0.4, -0.2) is 37.1 Å². The van der Waals surface area contributed by atoms with Gasteiger partial charge in [-0.25, -0.2) is 0 Å². The summed E-state index contributed by atoms with van der Waals surface area (Å²) < 4.78 is 0. The molecular weight excluding hydrogens is 208 g/mol. The molecule has 17 heavy (non-hydrogen) atoms. The highest BCUT2D eigenvalue weighted by molar-refractivity contribution is 4.89. The van der Waals surface area contributed by atoms with E-state index < -0.39 is 0 Å². The molecule has 2 aliphatic rings. The van der Waals surface area contributed by atoms with Gasteiger partial charge >= 0.3 is 0 Å². The Morgan fingerprint density at radius 2 is 1.71 bits per heavy atom. The first kappa shape index (κ1) is 13.4. The number of likely N-dealkylation sites (tertiary alicyclic amines) is 1. The number of likely N-dealkylation sites (N-methyl/N-ethyl adjacent to an activating group) is 1. The number of hydrogen-bond acceptors (Lipinski definition) is 2. The van der Waals surface area contributed by atoms with Gasteiger partial charge in [-0.05, 0) is 57.7 Å². The molecule has 1 aliphatic carbocycles. The maximum absolute atomic E-state index is 3.47.